The normalized spacial score (nSPS) is 22.4. The second-order valence-corrected chi connectivity index (χ2v) is 4.86. The second kappa shape index (κ2) is 4.49. The summed E-state index contributed by atoms with van der Waals surface area (Å²) in [5.41, 5.74) is 1.38. The number of para-hydroxylation sites is 1. The molecule has 0 saturated carbocycles. The van der Waals surface area contributed by atoms with Crippen LogP contribution in [0.3, 0.4) is 0 Å². The predicted octanol–water partition coefficient (Wildman–Crippen LogP) is 2.09. The highest BCUT2D eigenvalue weighted by atomic mass is 127. The summed E-state index contributed by atoms with van der Waals surface area (Å²) in [5, 5.41) is 3.41. The maximum Gasteiger partial charge on any atom is 0.0505 e. The lowest BCUT2D eigenvalue weighted by Crippen LogP contribution is -2.50. The smallest absolute Gasteiger partial charge is 0.0505 e. The summed E-state index contributed by atoms with van der Waals surface area (Å²) in [6, 6.07) is 9.19. The van der Waals surface area contributed by atoms with Gasteiger partial charge in [-0.2, -0.15) is 0 Å². The molecule has 2 rings (SSSR count). The van der Waals surface area contributed by atoms with Crippen LogP contribution < -0.4 is 10.2 Å². The molecule has 1 saturated heterocycles. The lowest BCUT2D eigenvalue weighted by atomic mass is 10.2. The van der Waals surface area contributed by atoms with Crippen molar-refractivity contribution < 1.29 is 0 Å². The first-order chi connectivity index (χ1) is 6.79. The van der Waals surface area contributed by atoms with Crippen LogP contribution >= 0.6 is 22.6 Å². The van der Waals surface area contributed by atoms with E-state index in [1.807, 2.05) is 0 Å². The number of rotatable bonds is 1. The third-order valence-electron chi connectivity index (χ3n) is 2.66. The van der Waals surface area contributed by atoms with Crippen molar-refractivity contribution in [2.75, 3.05) is 24.5 Å². The molecule has 0 spiro atoms. The van der Waals surface area contributed by atoms with E-state index in [0.29, 0.717) is 6.04 Å². The summed E-state index contributed by atoms with van der Waals surface area (Å²) in [6.07, 6.45) is 0. The molecule has 0 amide bonds. The number of anilines is 1. The minimum absolute atomic E-state index is 0.597. The molecule has 1 fully saturated rings. The molecule has 1 aliphatic heterocycles. The van der Waals surface area contributed by atoms with Gasteiger partial charge < -0.3 is 10.2 Å². The van der Waals surface area contributed by atoms with Gasteiger partial charge in [-0.15, -0.1) is 0 Å². The molecule has 14 heavy (non-hydrogen) atoms. The maximum atomic E-state index is 3.41. The van der Waals surface area contributed by atoms with Crippen LogP contribution in [0.4, 0.5) is 5.69 Å². The first-order valence-electron chi connectivity index (χ1n) is 5.01. The number of piperazine rings is 1. The predicted molar refractivity (Wildman–Crippen MR) is 68.8 cm³/mol. The number of halogens is 1. The van der Waals surface area contributed by atoms with Crippen molar-refractivity contribution in [1.29, 1.82) is 0 Å². The first-order valence-corrected chi connectivity index (χ1v) is 6.09. The molecule has 1 atom stereocenters. The second-order valence-electron chi connectivity index (χ2n) is 3.70. The minimum Gasteiger partial charge on any atom is -0.365 e. The summed E-state index contributed by atoms with van der Waals surface area (Å²) in [7, 11) is 0. The molecule has 0 bridgehead atoms. The first kappa shape index (κ1) is 10.2. The Morgan fingerprint density at radius 2 is 2.21 bits per heavy atom. The highest BCUT2D eigenvalue weighted by Crippen LogP contribution is 2.24. The van der Waals surface area contributed by atoms with E-state index in [0.717, 1.165) is 19.6 Å². The van der Waals surface area contributed by atoms with Crippen LogP contribution in [0.1, 0.15) is 6.92 Å². The van der Waals surface area contributed by atoms with Gasteiger partial charge in [0.2, 0.25) is 0 Å². The lowest BCUT2D eigenvalue weighted by Gasteiger charge is -2.36. The van der Waals surface area contributed by atoms with Crippen molar-refractivity contribution in [3.63, 3.8) is 0 Å². The fourth-order valence-corrected chi connectivity index (χ4v) is 2.58. The Morgan fingerprint density at radius 3 is 2.93 bits per heavy atom. The van der Waals surface area contributed by atoms with Crippen LogP contribution in [0, 0.1) is 3.57 Å². The van der Waals surface area contributed by atoms with Gasteiger partial charge in [-0.1, -0.05) is 12.1 Å². The largest absolute Gasteiger partial charge is 0.365 e. The molecule has 1 aliphatic rings. The van der Waals surface area contributed by atoms with E-state index in [9.17, 15) is 0 Å². The number of nitrogens with zero attached hydrogens (tertiary/aromatic N) is 1. The molecule has 76 valence electrons. The van der Waals surface area contributed by atoms with Crippen molar-refractivity contribution >= 4 is 28.3 Å². The van der Waals surface area contributed by atoms with Crippen molar-refractivity contribution in [2.24, 2.45) is 0 Å². The van der Waals surface area contributed by atoms with Gasteiger partial charge in [-0.25, -0.2) is 0 Å². The van der Waals surface area contributed by atoms with Crippen LogP contribution in [0.25, 0.3) is 0 Å². The quantitative estimate of drug-likeness (QED) is 0.799. The van der Waals surface area contributed by atoms with Crippen molar-refractivity contribution in [2.45, 2.75) is 13.0 Å². The molecule has 1 N–H and O–H groups in total. The Balaban J connectivity index is 2.25. The Bertz CT molecular complexity index is 314. The number of benzene rings is 1. The standard InChI is InChI=1S/C11H15IN2/c1-9-8-13-6-7-14(9)11-5-3-2-4-10(11)12/h2-5,9,13H,6-8H2,1H3. The molecule has 1 aromatic rings. The summed E-state index contributed by atoms with van der Waals surface area (Å²) < 4.78 is 1.35. The van der Waals surface area contributed by atoms with Crippen LogP contribution in [0.15, 0.2) is 24.3 Å². The Hall–Kier alpha value is -0.290. The zero-order chi connectivity index (χ0) is 9.97. The summed E-state index contributed by atoms with van der Waals surface area (Å²) >= 11 is 2.41. The van der Waals surface area contributed by atoms with Gasteiger partial charge in [0.05, 0.1) is 5.69 Å². The summed E-state index contributed by atoms with van der Waals surface area (Å²) in [6.45, 7) is 5.57. The molecule has 1 unspecified atom stereocenters. The Labute approximate surface area is 98.8 Å². The maximum absolute atomic E-state index is 3.41. The van der Waals surface area contributed by atoms with E-state index in [1.54, 1.807) is 0 Å². The fraction of sp³-hybridized carbons (Fsp3) is 0.455. The average molecular weight is 302 g/mol. The molecule has 0 radical (unpaired) electrons. The van der Waals surface area contributed by atoms with Gasteiger partial charge in [0.1, 0.15) is 0 Å². The fourth-order valence-electron chi connectivity index (χ4n) is 1.88. The van der Waals surface area contributed by atoms with Crippen LogP contribution in [-0.2, 0) is 0 Å². The van der Waals surface area contributed by atoms with Gasteiger partial charge in [0, 0.05) is 29.2 Å². The lowest BCUT2D eigenvalue weighted by molar-refractivity contribution is 0.500. The van der Waals surface area contributed by atoms with Crippen LogP contribution in [-0.4, -0.2) is 25.7 Å². The zero-order valence-corrected chi connectivity index (χ0v) is 10.5. The van der Waals surface area contributed by atoms with Crippen molar-refractivity contribution in [3.8, 4) is 0 Å². The van der Waals surface area contributed by atoms with Gasteiger partial charge in [-0.3, -0.25) is 0 Å². The van der Waals surface area contributed by atoms with E-state index in [1.165, 1.54) is 9.26 Å². The van der Waals surface area contributed by atoms with Gasteiger partial charge >= 0.3 is 0 Å². The topological polar surface area (TPSA) is 15.3 Å². The molecule has 1 heterocycles. The molecular formula is C11H15IN2. The molecule has 1 aromatic carbocycles. The highest BCUT2D eigenvalue weighted by molar-refractivity contribution is 14.1. The molecule has 0 aliphatic carbocycles. The average Bonchev–Trinajstić information content (AvgIpc) is 2.20. The van der Waals surface area contributed by atoms with Crippen LogP contribution in [0.2, 0.25) is 0 Å². The SMILES string of the molecule is CC1CNCCN1c1ccccc1I. The number of nitrogens with one attached hydrogen (secondary N) is 1. The third kappa shape index (κ3) is 2.03. The van der Waals surface area contributed by atoms with E-state index in [4.69, 9.17) is 0 Å². The highest BCUT2D eigenvalue weighted by Gasteiger charge is 2.19. The van der Waals surface area contributed by atoms with Crippen molar-refractivity contribution in [1.82, 2.24) is 5.32 Å². The van der Waals surface area contributed by atoms with E-state index in [-0.39, 0.29) is 0 Å². The minimum atomic E-state index is 0.597. The monoisotopic (exact) mass is 302 g/mol. The van der Waals surface area contributed by atoms with E-state index >= 15 is 0 Å². The molecule has 0 aromatic heterocycles. The summed E-state index contributed by atoms with van der Waals surface area (Å²) in [4.78, 5) is 2.48. The van der Waals surface area contributed by atoms with Gasteiger partial charge in [-0.05, 0) is 41.6 Å². The summed E-state index contributed by atoms with van der Waals surface area (Å²) in [5.74, 6) is 0. The zero-order valence-electron chi connectivity index (χ0n) is 8.33. The van der Waals surface area contributed by atoms with E-state index < -0.39 is 0 Å². The van der Waals surface area contributed by atoms with Gasteiger partial charge in [0.15, 0.2) is 0 Å². The Kier molecular flexibility index (Phi) is 3.28. The van der Waals surface area contributed by atoms with E-state index in [2.05, 4.69) is 64.0 Å². The molecule has 3 heteroatoms. The Morgan fingerprint density at radius 1 is 1.43 bits per heavy atom. The number of hydrogen-bond donors (Lipinski definition) is 1. The molecular weight excluding hydrogens is 287 g/mol. The number of hydrogen-bond acceptors (Lipinski definition) is 2. The van der Waals surface area contributed by atoms with Crippen LogP contribution in [0.5, 0.6) is 0 Å². The van der Waals surface area contributed by atoms with Gasteiger partial charge in [0.25, 0.3) is 0 Å². The third-order valence-corrected chi connectivity index (χ3v) is 3.58. The van der Waals surface area contributed by atoms with Crippen molar-refractivity contribution in [3.05, 3.63) is 27.8 Å². The molecule has 2 nitrogen and oxygen atoms in total.